The Morgan fingerprint density at radius 2 is 1.72 bits per heavy atom. The van der Waals surface area contributed by atoms with Gasteiger partial charge in [0.1, 0.15) is 5.75 Å². The molecule has 0 saturated heterocycles. The van der Waals surface area contributed by atoms with Crippen molar-refractivity contribution in [1.82, 2.24) is 0 Å². The Morgan fingerprint density at radius 1 is 1.08 bits per heavy atom. The van der Waals surface area contributed by atoms with Crippen LogP contribution < -0.4 is 10.1 Å². The number of nitrogens with one attached hydrogen (secondary N) is 1. The minimum Gasteiger partial charge on any atom is -0.490 e. The highest BCUT2D eigenvalue weighted by Gasteiger charge is 2.28. The van der Waals surface area contributed by atoms with Crippen molar-refractivity contribution >= 4 is 23.5 Å². The van der Waals surface area contributed by atoms with Crippen molar-refractivity contribution in [2.24, 2.45) is 5.92 Å². The van der Waals surface area contributed by atoms with E-state index >= 15 is 0 Å². The molecule has 1 fully saturated rings. The molecule has 0 unspecified atom stereocenters. The molecule has 1 amide bonds. The zero-order valence-electron chi connectivity index (χ0n) is 14.4. The second-order valence-corrected chi connectivity index (χ2v) is 5.81. The number of anilines is 1. The van der Waals surface area contributed by atoms with E-state index in [2.05, 4.69) is 10.1 Å². The van der Waals surface area contributed by atoms with Gasteiger partial charge < -0.3 is 19.5 Å². The van der Waals surface area contributed by atoms with Crippen molar-refractivity contribution in [3.05, 3.63) is 24.3 Å². The van der Waals surface area contributed by atoms with Gasteiger partial charge in [0.05, 0.1) is 25.7 Å². The van der Waals surface area contributed by atoms with Crippen LogP contribution in [0.3, 0.4) is 0 Å². The number of rotatable bonds is 5. The first kappa shape index (κ1) is 18.8. The third-order valence-corrected chi connectivity index (χ3v) is 4.08. The summed E-state index contributed by atoms with van der Waals surface area (Å²) in [6.07, 6.45) is 3.17. The van der Waals surface area contributed by atoms with Crippen molar-refractivity contribution in [3.8, 4) is 5.75 Å². The molecule has 136 valence electrons. The number of methoxy groups -OCH3 is 1. The first-order chi connectivity index (χ1) is 12.0. The van der Waals surface area contributed by atoms with Crippen molar-refractivity contribution in [2.45, 2.75) is 38.7 Å². The molecular formula is C18H23NO6. The van der Waals surface area contributed by atoms with Crippen LogP contribution in [0.15, 0.2) is 24.3 Å². The monoisotopic (exact) mass is 349 g/mol. The quantitative estimate of drug-likeness (QED) is 0.648. The third-order valence-electron chi connectivity index (χ3n) is 4.08. The van der Waals surface area contributed by atoms with Crippen LogP contribution in [0.2, 0.25) is 0 Å². The number of carbonyl (C=O) groups is 3. The average molecular weight is 349 g/mol. The van der Waals surface area contributed by atoms with Crippen molar-refractivity contribution in [3.63, 3.8) is 0 Å². The number of ether oxygens (including phenoxy) is 3. The molecule has 7 nitrogen and oxygen atoms in total. The first-order valence-corrected chi connectivity index (χ1v) is 8.36. The zero-order valence-corrected chi connectivity index (χ0v) is 14.4. The second-order valence-electron chi connectivity index (χ2n) is 5.81. The number of esters is 2. The fourth-order valence-corrected chi connectivity index (χ4v) is 2.76. The van der Waals surface area contributed by atoms with Gasteiger partial charge in [-0.15, -0.1) is 0 Å². The predicted molar refractivity (Wildman–Crippen MR) is 90.1 cm³/mol. The molecule has 0 aliphatic heterocycles. The lowest BCUT2D eigenvalue weighted by atomic mass is 9.87. The van der Waals surface area contributed by atoms with Crippen LogP contribution in [-0.4, -0.2) is 37.7 Å². The van der Waals surface area contributed by atoms with Gasteiger partial charge in [-0.1, -0.05) is 0 Å². The van der Waals surface area contributed by atoms with Crippen LogP contribution in [-0.2, 0) is 23.9 Å². The number of hydrogen-bond acceptors (Lipinski definition) is 6. The lowest BCUT2D eigenvalue weighted by molar-refractivity contribution is -0.150. The maximum absolute atomic E-state index is 11.7. The highest BCUT2D eigenvalue weighted by Crippen LogP contribution is 2.29. The Labute approximate surface area is 146 Å². The topological polar surface area (TPSA) is 90.9 Å². The summed E-state index contributed by atoms with van der Waals surface area (Å²) in [6, 6.07) is 6.76. The number of hydrogen-bond donors (Lipinski definition) is 1. The Balaban J connectivity index is 1.81. The molecule has 25 heavy (non-hydrogen) atoms. The predicted octanol–water partition coefficient (Wildman–Crippen LogP) is 2.30. The maximum Gasteiger partial charge on any atom is 0.396 e. The molecule has 1 aliphatic rings. The van der Waals surface area contributed by atoms with Crippen LogP contribution in [0.25, 0.3) is 0 Å². The standard InChI is InChI=1S/C18H23NO6/c1-3-24-17(21)12-4-8-14(9-5-12)25-15-10-6-13(7-11-15)19-16(20)18(22)23-2/h6-7,10-12,14H,3-5,8-9H2,1-2H3,(H,19,20)/t12-,14-. The van der Waals surface area contributed by atoms with Gasteiger partial charge >= 0.3 is 17.8 Å². The Kier molecular flexibility index (Phi) is 6.80. The molecule has 2 rings (SSSR count). The van der Waals surface area contributed by atoms with Crippen molar-refractivity contribution in [2.75, 3.05) is 19.0 Å². The highest BCUT2D eigenvalue weighted by molar-refractivity contribution is 6.37. The van der Waals surface area contributed by atoms with E-state index in [1.165, 1.54) is 0 Å². The van der Waals surface area contributed by atoms with Gasteiger partial charge in [0, 0.05) is 5.69 Å². The molecule has 1 N–H and O–H groups in total. The van der Waals surface area contributed by atoms with E-state index in [-0.39, 0.29) is 18.0 Å². The normalized spacial score (nSPS) is 19.6. The summed E-state index contributed by atoms with van der Waals surface area (Å²) >= 11 is 0. The van der Waals surface area contributed by atoms with E-state index in [9.17, 15) is 14.4 Å². The van der Waals surface area contributed by atoms with E-state index in [1.54, 1.807) is 24.3 Å². The average Bonchev–Trinajstić information content (AvgIpc) is 2.63. The molecule has 0 spiro atoms. The lowest BCUT2D eigenvalue weighted by Gasteiger charge is -2.27. The van der Waals surface area contributed by atoms with E-state index in [0.717, 1.165) is 32.8 Å². The minimum atomic E-state index is -0.946. The van der Waals surface area contributed by atoms with Crippen LogP contribution >= 0.6 is 0 Å². The molecule has 0 atom stereocenters. The molecule has 1 aromatic carbocycles. The summed E-state index contributed by atoms with van der Waals surface area (Å²) in [7, 11) is 1.15. The fraction of sp³-hybridized carbons (Fsp3) is 0.500. The molecule has 1 aliphatic carbocycles. The molecule has 1 saturated carbocycles. The van der Waals surface area contributed by atoms with Crippen LogP contribution in [0, 0.1) is 5.92 Å². The smallest absolute Gasteiger partial charge is 0.396 e. The molecule has 1 aromatic rings. The Bertz CT molecular complexity index is 604. The molecule has 7 heteroatoms. The highest BCUT2D eigenvalue weighted by atomic mass is 16.5. The van der Waals surface area contributed by atoms with E-state index in [0.29, 0.717) is 18.0 Å². The van der Waals surface area contributed by atoms with E-state index < -0.39 is 11.9 Å². The summed E-state index contributed by atoms with van der Waals surface area (Å²) in [5.74, 6) is -1.25. The number of carbonyl (C=O) groups excluding carboxylic acids is 3. The first-order valence-electron chi connectivity index (χ1n) is 8.36. The second kappa shape index (κ2) is 9.05. The largest absolute Gasteiger partial charge is 0.490 e. The van der Waals surface area contributed by atoms with Gasteiger partial charge in [-0.25, -0.2) is 4.79 Å². The van der Waals surface area contributed by atoms with Gasteiger partial charge in [0.25, 0.3) is 0 Å². The summed E-state index contributed by atoms with van der Waals surface area (Å²) in [5, 5.41) is 2.43. The van der Waals surface area contributed by atoms with Crippen molar-refractivity contribution in [1.29, 1.82) is 0 Å². The SMILES string of the molecule is CCOC(=O)[C@H]1CC[C@H](Oc2ccc(NC(=O)C(=O)OC)cc2)CC1. The van der Waals surface area contributed by atoms with Crippen molar-refractivity contribution < 1.29 is 28.6 Å². The summed E-state index contributed by atoms with van der Waals surface area (Å²) in [4.78, 5) is 34.2. The molecule has 0 heterocycles. The van der Waals surface area contributed by atoms with Gasteiger partial charge in [-0.05, 0) is 56.9 Å². The molecule has 0 bridgehead atoms. The Morgan fingerprint density at radius 3 is 2.28 bits per heavy atom. The lowest BCUT2D eigenvalue weighted by Crippen LogP contribution is -2.29. The third kappa shape index (κ3) is 5.48. The minimum absolute atomic E-state index is 0.0318. The van der Waals surface area contributed by atoms with Gasteiger partial charge in [0.2, 0.25) is 0 Å². The van der Waals surface area contributed by atoms with Crippen LogP contribution in [0.1, 0.15) is 32.6 Å². The molecule has 0 aromatic heterocycles. The summed E-state index contributed by atoms with van der Waals surface area (Å²) in [5.41, 5.74) is 0.480. The van der Waals surface area contributed by atoms with E-state index in [1.807, 2.05) is 6.92 Å². The molecule has 0 radical (unpaired) electrons. The maximum atomic E-state index is 11.7. The molecular weight excluding hydrogens is 326 g/mol. The van der Waals surface area contributed by atoms with Gasteiger partial charge in [-0.2, -0.15) is 0 Å². The summed E-state index contributed by atoms with van der Waals surface area (Å²) in [6.45, 7) is 2.22. The number of amides is 1. The van der Waals surface area contributed by atoms with Gasteiger partial charge in [-0.3, -0.25) is 9.59 Å². The fourth-order valence-electron chi connectivity index (χ4n) is 2.76. The Hall–Kier alpha value is -2.57. The zero-order chi connectivity index (χ0) is 18.2. The van der Waals surface area contributed by atoms with E-state index in [4.69, 9.17) is 9.47 Å². The number of benzene rings is 1. The summed E-state index contributed by atoms with van der Waals surface area (Å²) < 4.78 is 15.3. The van der Waals surface area contributed by atoms with Gasteiger partial charge in [0.15, 0.2) is 0 Å². The van der Waals surface area contributed by atoms with Crippen LogP contribution in [0.5, 0.6) is 5.75 Å². The van der Waals surface area contributed by atoms with Crippen LogP contribution in [0.4, 0.5) is 5.69 Å².